The molecule has 0 bridgehead atoms. The average molecular weight is 222 g/mol. The van der Waals surface area contributed by atoms with Crippen LogP contribution >= 0.6 is 0 Å². The van der Waals surface area contributed by atoms with Gasteiger partial charge in [-0.2, -0.15) is 0 Å². The SMILES string of the molecule is CCC1CCCC(C(O)Cc2ccco2)C1. The maximum absolute atomic E-state index is 10.2. The van der Waals surface area contributed by atoms with Crippen LogP contribution < -0.4 is 0 Å². The Hall–Kier alpha value is -0.760. The molecule has 0 spiro atoms. The predicted octanol–water partition coefficient (Wildman–Crippen LogP) is 3.40. The number of hydrogen-bond donors (Lipinski definition) is 1. The van der Waals surface area contributed by atoms with Crippen molar-refractivity contribution in [3.05, 3.63) is 24.2 Å². The summed E-state index contributed by atoms with van der Waals surface area (Å²) in [6.45, 7) is 2.26. The van der Waals surface area contributed by atoms with Crippen LogP contribution in [0.2, 0.25) is 0 Å². The third kappa shape index (κ3) is 2.88. The Morgan fingerprint density at radius 1 is 1.50 bits per heavy atom. The van der Waals surface area contributed by atoms with Gasteiger partial charge in [-0.3, -0.25) is 0 Å². The zero-order valence-corrected chi connectivity index (χ0v) is 10.1. The molecule has 1 N–H and O–H groups in total. The summed E-state index contributed by atoms with van der Waals surface area (Å²) in [5, 5.41) is 10.2. The summed E-state index contributed by atoms with van der Waals surface area (Å²) in [5.74, 6) is 2.21. The van der Waals surface area contributed by atoms with Crippen LogP contribution in [-0.4, -0.2) is 11.2 Å². The van der Waals surface area contributed by atoms with Gasteiger partial charge in [0.1, 0.15) is 5.76 Å². The first-order valence-electron chi connectivity index (χ1n) is 6.50. The molecule has 0 aliphatic heterocycles. The van der Waals surface area contributed by atoms with Crippen LogP contribution in [0.15, 0.2) is 22.8 Å². The number of furan rings is 1. The van der Waals surface area contributed by atoms with Gasteiger partial charge in [-0.05, 0) is 36.8 Å². The van der Waals surface area contributed by atoms with Gasteiger partial charge >= 0.3 is 0 Å². The molecule has 16 heavy (non-hydrogen) atoms. The maximum Gasteiger partial charge on any atom is 0.106 e. The Balaban J connectivity index is 1.86. The topological polar surface area (TPSA) is 33.4 Å². The lowest BCUT2D eigenvalue weighted by Gasteiger charge is -2.31. The minimum atomic E-state index is -0.222. The Kier molecular flexibility index (Phi) is 4.05. The van der Waals surface area contributed by atoms with E-state index >= 15 is 0 Å². The van der Waals surface area contributed by atoms with Crippen molar-refractivity contribution in [1.29, 1.82) is 0 Å². The summed E-state index contributed by atoms with van der Waals surface area (Å²) in [4.78, 5) is 0. The van der Waals surface area contributed by atoms with Gasteiger partial charge in [0.05, 0.1) is 12.4 Å². The molecular formula is C14H22O2. The first-order valence-corrected chi connectivity index (χ1v) is 6.50. The molecule has 2 nitrogen and oxygen atoms in total. The smallest absolute Gasteiger partial charge is 0.106 e. The lowest BCUT2D eigenvalue weighted by atomic mass is 9.77. The standard InChI is InChI=1S/C14H22O2/c1-2-11-5-3-6-12(9-11)14(15)10-13-7-4-8-16-13/h4,7-8,11-12,14-15H,2-3,5-6,9-10H2,1H3. The van der Waals surface area contributed by atoms with E-state index in [1.165, 1.54) is 32.1 Å². The lowest BCUT2D eigenvalue weighted by molar-refractivity contribution is 0.0645. The first-order chi connectivity index (χ1) is 7.79. The highest BCUT2D eigenvalue weighted by atomic mass is 16.3. The van der Waals surface area contributed by atoms with E-state index in [9.17, 15) is 5.11 Å². The monoisotopic (exact) mass is 222 g/mol. The van der Waals surface area contributed by atoms with Crippen LogP contribution in [0.5, 0.6) is 0 Å². The summed E-state index contributed by atoms with van der Waals surface area (Å²) < 4.78 is 5.29. The predicted molar refractivity (Wildman–Crippen MR) is 64.2 cm³/mol. The highest BCUT2D eigenvalue weighted by molar-refractivity contribution is 5.00. The quantitative estimate of drug-likeness (QED) is 0.847. The molecule has 0 amide bonds. The number of aliphatic hydroxyl groups excluding tert-OH is 1. The molecule has 3 atom stereocenters. The molecule has 2 heteroatoms. The largest absolute Gasteiger partial charge is 0.469 e. The van der Waals surface area contributed by atoms with Crippen molar-refractivity contribution in [1.82, 2.24) is 0 Å². The fourth-order valence-corrected chi connectivity index (χ4v) is 2.85. The van der Waals surface area contributed by atoms with E-state index in [2.05, 4.69) is 6.92 Å². The minimum absolute atomic E-state index is 0.222. The van der Waals surface area contributed by atoms with Crippen LogP contribution in [-0.2, 0) is 6.42 Å². The van der Waals surface area contributed by atoms with E-state index in [1.807, 2.05) is 12.1 Å². The summed E-state index contributed by atoms with van der Waals surface area (Å²) in [6, 6.07) is 3.83. The second-order valence-corrected chi connectivity index (χ2v) is 5.05. The highest BCUT2D eigenvalue weighted by Crippen LogP contribution is 2.33. The van der Waals surface area contributed by atoms with Gasteiger partial charge in [-0.15, -0.1) is 0 Å². The van der Waals surface area contributed by atoms with Crippen LogP contribution in [0, 0.1) is 11.8 Å². The van der Waals surface area contributed by atoms with Crippen molar-refractivity contribution in [3.8, 4) is 0 Å². The van der Waals surface area contributed by atoms with Gasteiger partial charge < -0.3 is 9.52 Å². The van der Waals surface area contributed by atoms with E-state index in [4.69, 9.17) is 4.42 Å². The second-order valence-electron chi connectivity index (χ2n) is 5.05. The molecular weight excluding hydrogens is 200 g/mol. The molecule has 0 saturated heterocycles. The number of hydrogen-bond acceptors (Lipinski definition) is 2. The normalized spacial score (nSPS) is 27.9. The van der Waals surface area contributed by atoms with Gasteiger partial charge in [0.15, 0.2) is 0 Å². The molecule has 90 valence electrons. The Morgan fingerprint density at radius 3 is 3.06 bits per heavy atom. The molecule has 1 fully saturated rings. The van der Waals surface area contributed by atoms with Crippen LogP contribution in [0.4, 0.5) is 0 Å². The fourth-order valence-electron chi connectivity index (χ4n) is 2.85. The molecule has 1 aromatic heterocycles. The van der Waals surface area contributed by atoms with Gasteiger partial charge in [0, 0.05) is 6.42 Å². The molecule has 1 aliphatic carbocycles. The minimum Gasteiger partial charge on any atom is -0.469 e. The number of rotatable bonds is 4. The summed E-state index contributed by atoms with van der Waals surface area (Å²) in [6.07, 6.45) is 8.38. The maximum atomic E-state index is 10.2. The van der Waals surface area contributed by atoms with Crippen LogP contribution in [0.25, 0.3) is 0 Å². The summed E-state index contributed by atoms with van der Waals surface area (Å²) in [5.41, 5.74) is 0. The molecule has 1 heterocycles. The van der Waals surface area contributed by atoms with Gasteiger partial charge in [-0.1, -0.05) is 26.2 Å². The zero-order chi connectivity index (χ0) is 11.4. The van der Waals surface area contributed by atoms with E-state index in [1.54, 1.807) is 6.26 Å². The van der Waals surface area contributed by atoms with Gasteiger partial charge in [0.2, 0.25) is 0 Å². The van der Waals surface area contributed by atoms with Crippen molar-refractivity contribution in [2.75, 3.05) is 0 Å². The molecule has 0 radical (unpaired) electrons. The summed E-state index contributed by atoms with van der Waals surface area (Å²) in [7, 11) is 0. The van der Waals surface area contributed by atoms with Gasteiger partial charge in [0.25, 0.3) is 0 Å². The third-order valence-corrected chi connectivity index (χ3v) is 3.94. The Labute approximate surface area is 97.7 Å². The van der Waals surface area contributed by atoms with E-state index in [0.717, 1.165) is 11.7 Å². The van der Waals surface area contributed by atoms with Crippen LogP contribution in [0.3, 0.4) is 0 Å². The van der Waals surface area contributed by atoms with Crippen molar-refractivity contribution in [3.63, 3.8) is 0 Å². The van der Waals surface area contributed by atoms with E-state index < -0.39 is 0 Å². The lowest BCUT2D eigenvalue weighted by Crippen LogP contribution is -2.28. The summed E-state index contributed by atoms with van der Waals surface area (Å²) >= 11 is 0. The molecule has 3 unspecified atom stereocenters. The van der Waals surface area contributed by atoms with Crippen molar-refractivity contribution in [2.24, 2.45) is 11.8 Å². The number of aliphatic hydroxyl groups is 1. The van der Waals surface area contributed by atoms with Crippen molar-refractivity contribution in [2.45, 2.75) is 51.6 Å². The van der Waals surface area contributed by atoms with Crippen molar-refractivity contribution >= 4 is 0 Å². The third-order valence-electron chi connectivity index (χ3n) is 3.94. The highest BCUT2D eigenvalue weighted by Gasteiger charge is 2.26. The van der Waals surface area contributed by atoms with Gasteiger partial charge in [-0.25, -0.2) is 0 Å². The fraction of sp³-hybridized carbons (Fsp3) is 0.714. The zero-order valence-electron chi connectivity index (χ0n) is 10.1. The van der Waals surface area contributed by atoms with Crippen molar-refractivity contribution < 1.29 is 9.52 Å². The van der Waals surface area contributed by atoms with E-state index in [0.29, 0.717) is 12.3 Å². The van der Waals surface area contributed by atoms with Crippen LogP contribution in [0.1, 0.15) is 44.8 Å². The molecule has 1 aromatic rings. The first kappa shape index (κ1) is 11.7. The molecule has 0 aromatic carbocycles. The second kappa shape index (κ2) is 5.53. The molecule has 1 saturated carbocycles. The Bertz CT molecular complexity index is 292. The van der Waals surface area contributed by atoms with E-state index in [-0.39, 0.29) is 6.10 Å². The Morgan fingerprint density at radius 2 is 2.38 bits per heavy atom. The average Bonchev–Trinajstić information content (AvgIpc) is 2.82. The molecule has 2 rings (SSSR count). The molecule has 1 aliphatic rings.